The topological polar surface area (TPSA) is 78.3 Å². The molecule has 4 nitrogen and oxygen atoms in total. The molecule has 0 saturated heterocycles. The molecule has 1 aromatic rings. The minimum atomic E-state index is -5.12. The average Bonchev–Trinajstić information content (AvgIpc) is 2.07. The molecule has 0 aliphatic heterocycles. The minimum absolute atomic E-state index is 0.235. The third-order valence-corrected chi connectivity index (χ3v) is 1.55. The van der Waals surface area contributed by atoms with Gasteiger partial charge < -0.3 is 16.2 Å². The first-order chi connectivity index (χ1) is 7.20. The van der Waals surface area contributed by atoms with Crippen molar-refractivity contribution in [1.29, 1.82) is 0 Å². The minimum Gasteiger partial charge on any atom is -0.402 e. The molecule has 0 bridgehead atoms. The summed E-state index contributed by atoms with van der Waals surface area (Å²) in [6, 6.07) is 1.39. The number of hydrogen-bond acceptors (Lipinski definition) is 3. The number of hydrogen-bond donors (Lipinski definition) is 2. The maximum Gasteiger partial charge on any atom is 0.573 e. The van der Waals surface area contributed by atoms with E-state index < -0.39 is 29.4 Å². The van der Waals surface area contributed by atoms with E-state index in [1.807, 2.05) is 0 Å². The highest BCUT2D eigenvalue weighted by atomic mass is 19.4. The molecule has 4 N–H and O–H groups in total. The van der Waals surface area contributed by atoms with Gasteiger partial charge in [0.1, 0.15) is 0 Å². The summed E-state index contributed by atoms with van der Waals surface area (Å²) in [7, 11) is 0. The van der Waals surface area contributed by atoms with Crippen molar-refractivity contribution in [3.05, 3.63) is 23.5 Å². The van der Waals surface area contributed by atoms with Crippen molar-refractivity contribution in [3.8, 4) is 5.75 Å². The Kier molecular flexibility index (Phi) is 2.92. The molecule has 0 unspecified atom stereocenters. The number of rotatable bonds is 2. The fourth-order valence-corrected chi connectivity index (χ4v) is 1.02. The molecule has 1 aromatic carbocycles. The average molecular weight is 238 g/mol. The quantitative estimate of drug-likeness (QED) is 0.603. The Morgan fingerprint density at radius 2 is 1.88 bits per heavy atom. The summed E-state index contributed by atoms with van der Waals surface area (Å²) in [4.78, 5) is 10.8. The number of ether oxygens (including phenoxy) is 1. The summed E-state index contributed by atoms with van der Waals surface area (Å²) in [5.41, 5.74) is 8.90. The van der Waals surface area contributed by atoms with Crippen molar-refractivity contribution < 1.29 is 27.1 Å². The largest absolute Gasteiger partial charge is 0.573 e. The molecule has 16 heavy (non-hydrogen) atoms. The van der Waals surface area contributed by atoms with Crippen LogP contribution in [-0.2, 0) is 0 Å². The molecule has 0 aliphatic rings. The van der Waals surface area contributed by atoms with Gasteiger partial charge >= 0.3 is 6.36 Å². The highest BCUT2D eigenvalue weighted by Gasteiger charge is 2.34. The lowest BCUT2D eigenvalue weighted by molar-refractivity contribution is -0.275. The molecule has 0 radical (unpaired) electrons. The number of nitrogen functional groups attached to an aromatic ring is 1. The molecule has 0 spiro atoms. The van der Waals surface area contributed by atoms with E-state index in [4.69, 9.17) is 11.5 Å². The number of primary amides is 1. The van der Waals surface area contributed by atoms with Gasteiger partial charge in [-0.3, -0.25) is 4.79 Å². The van der Waals surface area contributed by atoms with Gasteiger partial charge in [0, 0.05) is 11.8 Å². The van der Waals surface area contributed by atoms with Crippen LogP contribution in [0.15, 0.2) is 12.1 Å². The number of carbonyl (C=O) groups excluding carboxylic acids is 1. The second-order valence-corrected chi connectivity index (χ2v) is 2.79. The predicted molar refractivity (Wildman–Crippen MR) is 46.0 cm³/mol. The van der Waals surface area contributed by atoms with Crippen molar-refractivity contribution in [3.63, 3.8) is 0 Å². The number of carbonyl (C=O) groups is 1. The van der Waals surface area contributed by atoms with Crippen LogP contribution in [0.2, 0.25) is 0 Å². The predicted octanol–water partition coefficient (Wildman–Crippen LogP) is 1.41. The lowest BCUT2D eigenvalue weighted by Gasteiger charge is -2.12. The first-order valence-electron chi connectivity index (χ1n) is 3.85. The lowest BCUT2D eigenvalue weighted by atomic mass is 10.1. The smallest absolute Gasteiger partial charge is 0.402 e. The fraction of sp³-hybridized carbons (Fsp3) is 0.125. The van der Waals surface area contributed by atoms with Crippen LogP contribution in [0, 0.1) is 5.82 Å². The molecular formula is C8H6F4N2O2. The van der Waals surface area contributed by atoms with E-state index in [2.05, 4.69) is 4.74 Å². The standard InChI is InChI=1S/C8H6F4N2O2/c9-5-2-3(13)1-4(7(14)15)6(5)16-8(10,11)12/h1-2H,13H2,(H2,14,15). The zero-order valence-corrected chi connectivity index (χ0v) is 7.64. The van der Waals surface area contributed by atoms with Crippen LogP contribution in [0.4, 0.5) is 23.2 Å². The van der Waals surface area contributed by atoms with Gasteiger partial charge in [0.2, 0.25) is 0 Å². The van der Waals surface area contributed by atoms with Gasteiger partial charge in [-0.25, -0.2) is 4.39 Å². The summed E-state index contributed by atoms with van der Waals surface area (Å²) in [5, 5.41) is 0. The highest BCUT2D eigenvalue weighted by molar-refractivity contribution is 5.96. The summed E-state index contributed by atoms with van der Waals surface area (Å²) in [6.07, 6.45) is -5.12. The maximum atomic E-state index is 13.1. The van der Waals surface area contributed by atoms with Gasteiger partial charge in [-0.1, -0.05) is 0 Å². The molecule has 0 heterocycles. The molecule has 88 valence electrons. The number of amides is 1. The second-order valence-electron chi connectivity index (χ2n) is 2.79. The van der Waals surface area contributed by atoms with Gasteiger partial charge in [-0.05, 0) is 6.07 Å². The lowest BCUT2D eigenvalue weighted by Crippen LogP contribution is -2.22. The zero-order valence-electron chi connectivity index (χ0n) is 7.64. The molecule has 0 fully saturated rings. The van der Waals surface area contributed by atoms with Crippen LogP contribution < -0.4 is 16.2 Å². The molecule has 0 atom stereocenters. The van der Waals surface area contributed by atoms with E-state index in [1.54, 1.807) is 0 Å². The Hall–Kier alpha value is -1.99. The van der Waals surface area contributed by atoms with Gasteiger partial charge in [-0.2, -0.15) is 0 Å². The third-order valence-electron chi connectivity index (χ3n) is 1.55. The molecule has 0 saturated carbocycles. The number of nitrogens with two attached hydrogens (primary N) is 2. The molecular weight excluding hydrogens is 232 g/mol. The highest BCUT2D eigenvalue weighted by Crippen LogP contribution is 2.30. The summed E-state index contributed by atoms with van der Waals surface area (Å²) in [6.45, 7) is 0. The van der Waals surface area contributed by atoms with Gasteiger partial charge in [0.05, 0.1) is 5.56 Å². The summed E-state index contributed by atoms with van der Waals surface area (Å²) >= 11 is 0. The van der Waals surface area contributed by atoms with Crippen molar-refractivity contribution in [2.24, 2.45) is 5.73 Å². The maximum absolute atomic E-state index is 13.1. The Balaban J connectivity index is 3.30. The molecule has 0 aliphatic carbocycles. The first kappa shape index (κ1) is 12.1. The Labute approximate surface area is 86.8 Å². The number of anilines is 1. The summed E-state index contributed by atoms with van der Waals surface area (Å²) < 4.78 is 52.1. The van der Waals surface area contributed by atoms with Gasteiger partial charge in [-0.15, -0.1) is 13.2 Å². The van der Waals surface area contributed by atoms with E-state index in [9.17, 15) is 22.4 Å². The van der Waals surface area contributed by atoms with Crippen LogP contribution in [-0.4, -0.2) is 12.3 Å². The van der Waals surface area contributed by atoms with E-state index in [0.29, 0.717) is 6.07 Å². The SMILES string of the molecule is NC(=O)c1cc(N)cc(F)c1OC(F)(F)F. The van der Waals surface area contributed by atoms with E-state index in [1.165, 1.54) is 0 Å². The van der Waals surface area contributed by atoms with Crippen LogP contribution in [0.1, 0.15) is 10.4 Å². The van der Waals surface area contributed by atoms with Crippen LogP contribution in [0.3, 0.4) is 0 Å². The Bertz CT molecular complexity index is 431. The van der Waals surface area contributed by atoms with Crippen molar-refractivity contribution in [2.75, 3.05) is 5.73 Å². The molecule has 1 amide bonds. The Morgan fingerprint density at radius 1 is 1.31 bits per heavy atom. The van der Waals surface area contributed by atoms with Crippen LogP contribution in [0.5, 0.6) is 5.75 Å². The molecule has 1 rings (SSSR count). The van der Waals surface area contributed by atoms with Crippen molar-refractivity contribution >= 4 is 11.6 Å². The van der Waals surface area contributed by atoms with Gasteiger partial charge in [0.15, 0.2) is 11.6 Å². The molecule has 8 heteroatoms. The molecule has 0 aromatic heterocycles. The zero-order chi connectivity index (χ0) is 12.5. The van der Waals surface area contributed by atoms with Crippen LogP contribution >= 0.6 is 0 Å². The van der Waals surface area contributed by atoms with E-state index in [-0.39, 0.29) is 5.69 Å². The number of benzene rings is 1. The third kappa shape index (κ3) is 2.75. The van der Waals surface area contributed by atoms with Crippen LogP contribution in [0.25, 0.3) is 0 Å². The monoisotopic (exact) mass is 238 g/mol. The van der Waals surface area contributed by atoms with Crippen molar-refractivity contribution in [1.82, 2.24) is 0 Å². The number of halogens is 4. The van der Waals surface area contributed by atoms with E-state index >= 15 is 0 Å². The van der Waals surface area contributed by atoms with E-state index in [0.717, 1.165) is 6.07 Å². The van der Waals surface area contributed by atoms with Gasteiger partial charge in [0.25, 0.3) is 5.91 Å². The Morgan fingerprint density at radius 3 is 2.31 bits per heavy atom. The normalized spacial score (nSPS) is 11.2. The summed E-state index contributed by atoms with van der Waals surface area (Å²) in [5.74, 6) is -3.97. The fourth-order valence-electron chi connectivity index (χ4n) is 1.02. The number of alkyl halides is 3. The second kappa shape index (κ2) is 3.87. The van der Waals surface area contributed by atoms with Crippen molar-refractivity contribution in [2.45, 2.75) is 6.36 Å². The first-order valence-corrected chi connectivity index (χ1v) is 3.85.